The number of hydrogen-bond acceptors (Lipinski definition) is 3. The predicted molar refractivity (Wildman–Crippen MR) is 54.9 cm³/mol. The maximum Gasteiger partial charge on any atom is 0.341 e. The van der Waals surface area contributed by atoms with Crippen LogP contribution in [0, 0.1) is 11.6 Å². The van der Waals surface area contributed by atoms with Crippen molar-refractivity contribution in [1.82, 2.24) is 9.78 Å². The van der Waals surface area contributed by atoms with Crippen LogP contribution in [0.4, 0.5) is 14.6 Å². The van der Waals surface area contributed by atoms with Gasteiger partial charge in [-0.25, -0.2) is 18.3 Å². The van der Waals surface area contributed by atoms with Gasteiger partial charge in [-0.05, 0) is 12.1 Å². The van der Waals surface area contributed by atoms with Crippen LogP contribution < -0.4 is 5.73 Å². The summed E-state index contributed by atoms with van der Waals surface area (Å²) in [6, 6.07) is 2.69. The second-order valence-electron chi connectivity index (χ2n) is 3.29. The van der Waals surface area contributed by atoms with E-state index >= 15 is 0 Å². The van der Waals surface area contributed by atoms with Gasteiger partial charge in [0.05, 0.1) is 11.9 Å². The Balaban J connectivity index is 2.57. The second-order valence-corrected chi connectivity index (χ2v) is 3.29. The minimum absolute atomic E-state index is 0.0208. The van der Waals surface area contributed by atoms with E-state index in [2.05, 4.69) is 5.10 Å². The van der Waals surface area contributed by atoms with Crippen LogP contribution >= 0.6 is 0 Å². The summed E-state index contributed by atoms with van der Waals surface area (Å²) in [7, 11) is 0. The van der Waals surface area contributed by atoms with E-state index in [-0.39, 0.29) is 17.1 Å². The van der Waals surface area contributed by atoms with Gasteiger partial charge in [0.2, 0.25) is 0 Å². The zero-order valence-corrected chi connectivity index (χ0v) is 8.39. The lowest BCUT2D eigenvalue weighted by atomic mass is 10.3. The van der Waals surface area contributed by atoms with Crippen molar-refractivity contribution >= 4 is 11.8 Å². The number of aromatic carboxylic acids is 1. The summed E-state index contributed by atoms with van der Waals surface area (Å²) in [5.41, 5.74) is 5.30. The molecule has 0 radical (unpaired) electrons. The molecule has 0 amide bonds. The highest BCUT2D eigenvalue weighted by molar-refractivity contribution is 5.92. The van der Waals surface area contributed by atoms with E-state index in [1.807, 2.05) is 0 Å². The lowest BCUT2D eigenvalue weighted by Gasteiger charge is -2.04. The number of rotatable bonds is 2. The van der Waals surface area contributed by atoms with Crippen molar-refractivity contribution in [1.29, 1.82) is 0 Å². The van der Waals surface area contributed by atoms with Crippen LogP contribution in [0.2, 0.25) is 0 Å². The fourth-order valence-electron chi connectivity index (χ4n) is 1.39. The monoisotopic (exact) mass is 239 g/mol. The van der Waals surface area contributed by atoms with E-state index in [0.717, 1.165) is 23.0 Å². The molecule has 1 aromatic carbocycles. The molecule has 0 bridgehead atoms. The van der Waals surface area contributed by atoms with Crippen molar-refractivity contribution in [2.75, 3.05) is 5.73 Å². The third-order valence-corrected chi connectivity index (χ3v) is 2.13. The Bertz CT molecular complexity index is 575. The van der Waals surface area contributed by atoms with Gasteiger partial charge in [0.25, 0.3) is 0 Å². The van der Waals surface area contributed by atoms with E-state index in [1.54, 1.807) is 0 Å². The molecule has 3 N–H and O–H groups in total. The van der Waals surface area contributed by atoms with Crippen LogP contribution in [0.1, 0.15) is 10.4 Å². The summed E-state index contributed by atoms with van der Waals surface area (Å²) in [5.74, 6) is -3.05. The highest BCUT2D eigenvalue weighted by Gasteiger charge is 2.15. The first-order valence-electron chi connectivity index (χ1n) is 4.52. The summed E-state index contributed by atoms with van der Waals surface area (Å²) in [5, 5.41) is 12.4. The van der Waals surface area contributed by atoms with Crippen LogP contribution in [0.15, 0.2) is 24.4 Å². The Kier molecular flexibility index (Phi) is 2.51. The zero-order valence-electron chi connectivity index (χ0n) is 8.39. The number of carboxylic acids is 1. The molecule has 0 aliphatic carbocycles. The Hall–Kier alpha value is -2.44. The van der Waals surface area contributed by atoms with Gasteiger partial charge in [-0.2, -0.15) is 5.10 Å². The van der Waals surface area contributed by atoms with Crippen molar-refractivity contribution in [2.45, 2.75) is 0 Å². The van der Waals surface area contributed by atoms with Crippen LogP contribution in [0.3, 0.4) is 0 Å². The highest BCUT2D eigenvalue weighted by atomic mass is 19.1. The van der Waals surface area contributed by atoms with Crippen molar-refractivity contribution in [2.24, 2.45) is 0 Å². The first-order valence-corrected chi connectivity index (χ1v) is 4.52. The molecular formula is C10H7F2N3O2. The van der Waals surface area contributed by atoms with E-state index < -0.39 is 17.6 Å². The number of benzene rings is 1. The van der Waals surface area contributed by atoms with E-state index in [4.69, 9.17) is 10.8 Å². The topological polar surface area (TPSA) is 81.1 Å². The normalized spacial score (nSPS) is 10.5. The number of nitrogens with zero attached hydrogens (tertiary/aromatic N) is 2. The van der Waals surface area contributed by atoms with Gasteiger partial charge in [0, 0.05) is 6.07 Å². The minimum Gasteiger partial charge on any atom is -0.477 e. The number of anilines is 1. The Morgan fingerprint density at radius 1 is 1.29 bits per heavy atom. The molecule has 0 unspecified atom stereocenters. The molecule has 7 heteroatoms. The van der Waals surface area contributed by atoms with Gasteiger partial charge >= 0.3 is 5.97 Å². The molecule has 0 atom stereocenters. The summed E-state index contributed by atoms with van der Waals surface area (Å²) < 4.78 is 26.9. The van der Waals surface area contributed by atoms with Gasteiger partial charge in [-0.1, -0.05) is 0 Å². The fourth-order valence-corrected chi connectivity index (χ4v) is 1.39. The molecule has 0 aliphatic rings. The lowest BCUT2D eigenvalue weighted by molar-refractivity contribution is 0.0698. The largest absolute Gasteiger partial charge is 0.477 e. The van der Waals surface area contributed by atoms with Crippen LogP contribution in [0.5, 0.6) is 0 Å². The first-order chi connectivity index (χ1) is 7.99. The van der Waals surface area contributed by atoms with Gasteiger partial charge in [0.1, 0.15) is 23.0 Å². The van der Waals surface area contributed by atoms with E-state index in [0.29, 0.717) is 6.07 Å². The fraction of sp³-hybridized carbons (Fsp3) is 0. The number of carbonyl (C=O) groups is 1. The van der Waals surface area contributed by atoms with Gasteiger partial charge in [0.15, 0.2) is 0 Å². The number of nitrogen functional groups attached to an aromatic ring is 1. The summed E-state index contributed by atoms with van der Waals surface area (Å²) in [6.45, 7) is 0. The molecule has 88 valence electrons. The second kappa shape index (κ2) is 3.85. The third-order valence-electron chi connectivity index (χ3n) is 2.13. The van der Waals surface area contributed by atoms with Crippen LogP contribution in [-0.2, 0) is 0 Å². The molecule has 17 heavy (non-hydrogen) atoms. The van der Waals surface area contributed by atoms with Gasteiger partial charge in [-0.15, -0.1) is 0 Å². The van der Waals surface area contributed by atoms with Crippen LogP contribution in [0.25, 0.3) is 5.69 Å². The molecule has 0 spiro atoms. The summed E-state index contributed by atoms with van der Waals surface area (Å²) in [4.78, 5) is 10.7. The molecule has 1 heterocycles. The molecule has 0 saturated carbocycles. The number of carboxylic acid groups (broad SMARTS) is 1. The molecule has 0 saturated heterocycles. The number of aromatic nitrogens is 2. The molecule has 0 fully saturated rings. The Labute approximate surface area is 94.1 Å². The number of nitrogens with two attached hydrogens (primary N) is 1. The minimum atomic E-state index is -1.26. The first kappa shape index (κ1) is 11.1. The average Bonchev–Trinajstić information content (AvgIpc) is 2.58. The smallest absolute Gasteiger partial charge is 0.341 e. The Morgan fingerprint density at radius 2 is 1.88 bits per heavy atom. The van der Waals surface area contributed by atoms with Crippen molar-refractivity contribution < 1.29 is 18.7 Å². The highest BCUT2D eigenvalue weighted by Crippen LogP contribution is 2.18. The molecular weight excluding hydrogens is 232 g/mol. The molecule has 1 aromatic heterocycles. The third kappa shape index (κ3) is 1.94. The van der Waals surface area contributed by atoms with Crippen molar-refractivity contribution in [3.8, 4) is 5.69 Å². The predicted octanol–water partition coefficient (Wildman–Crippen LogP) is 1.43. The molecule has 2 aromatic rings. The molecule has 2 rings (SSSR count). The SMILES string of the molecule is Nc1c(C(=O)O)cnn1-c1cc(F)cc(F)c1. The summed E-state index contributed by atoms with van der Waals surface area (Å²) in [6.07, 6.45) is 1.01. The quantitative estimate of drug-likeness (QED) is 0.830. The van der Waals surface area contributed by atoms with Crippen molar-refractivity contribution in [3.63, 3.8) is 0 Å². The maximum atomic E-state index is 13.0. The summed E-state index contributed by atoms with van der Waals surface area (Å²) >= 11 is 0. The number of hydrogen-bond donors (Lipinski definition) is 2. The van der Waals surface area contributed by atoms with Gasteiger partial charge in [-0.3, -0.25) is 0 Å². The van der Waals surface area contributed by atoms with E-state index in [1.165, 1.54) is 0 Å². The molecule has 0 aliphatic heterocycles. The molecule has 5 nitrogen and oxygen atoms in total. The van der Waals surface area contributed by atoms with Crippen molar-refractivity contribution in [3.05, 3.63) is 41.6 Å². The standard InChI is InChI=1S/C10H7F2N3O2/c11-5-1-6(12)3-7(2-5)15-9(13)8(4-14-15)10(16)17/h1-4H,13H2,(H,16,17). The van der Waals surface area contributed by atoms with E-state index in [9.17, 15) is 13.6 Å². The van der Waals surface area contributed by atoms with Gasteiger partial charge < -0.3 is 10.8 Å². The zero-order chi connectivity index (χ0) is 12.6. The van der Waals surface area contributed by atoms with Crippen LogP contribution in [-0.4, -0.2) is 20.9 Å². The Morgan fingerprint density at radius 3 is 2.35 bits per heavy atom. The maximum absolute atomic E-state index is 13.0. The lowest BCUT2D eigenvalue weighted by Crippen LogP contribution is -2.06. The average molecular weight is 239 g/mol. The number of halogens is 2.